The number of sulfonamides is 1. The number of carbonyl (C=O) groups excluding carboxylic acids is 2. The number of carbonyl (C=O) groups is 2. The Labute approximate surface area is 299 Å². The molecule has 1 atom stereocenters. The average Bonchev–Trinajstić information content (AvgIpc) is 3.66. The summed E-state index contributed by atoms with van der Waals surface area (Å²) in [5.74, 6) is -0.348. The highest BCUT2D eigenvalue weighted by Crippen LogP contribution is 2.33. The third-order valence-corrected chi connectivity index (χ3v) is 10.7. The number of hydrogen-bond acceptors (Lipinski definition) is 7. The second-order valence-electron chi connectivity index (χ2n) is 12.3. The van der Waals surface area contributed by atoms with Gasteiger partial charge in [-0.25, -0.2) is 12.8 Å². The molecule has 0 radical (unpaired) electrons. The lowest BCUT2D eigenvalue weighted by Gasteiger charge is -2.34. The van der Waals surface area contributed by atoms with Crippen LogP contribution in [0.2, 0.25) is 0 Å². The quantitative estimate of drug-likeness (QED) is 0.148. The van der Waals surface area contributed by atoms with Crippen molar-refractivity contribution < 1.29 is 36.6 Å². The van der Waals surface area contributed by atoms with Crippen LogP contribution in [0.25, 0.3) is 0 Å². The number of halogens is 1. The summed E-state index contributed by atoms with van der Waals surface area (Å²) in [4.78, 5) is 30.2. The molecule has 4 aromatic rings. The minimum Gasteiger partial charge on any atom is -0.494 e. The average molecular weight is 718 g/mol. The lowest BCUT2D eigenvalue weighted by atomic mass is 10.0. The van der Waals surface area contributed by atoms with Gasteiger partial charge in [-0.3, -0.25) is 13.9 Å². The van der Waals surface area contributed by atoms with E-state index in [9.17, 15) is 22.4 Å². The van der Waals surface area contributed by atoms with Gasteiger partial charge in [0.15, 0.2) is 11.5 Å². The number of anilines is 1. The Morgan fingerprint density at radius 3 is 2.16 bits per heavy atom. The normalized spacial score (nSPS) is 13.6. The molecule has 10 nitrogen and oxygen atoms in total. The Morgan fingerprint density at radius 1 is 0.863 bits per heavy atom. The van der Waals surface area contributed by atoms with Crippen molar-refractivity contribution in [2.24, 2.45) is 0 Å². The lowest BCUT2D eigenvalue weighted by Crippen LogP contribution is -2.54. The second-order valence-corrected chi connectivity index (χ2v) is 14.2. The van der Waals surface area contributed by atoms with Crippen molar-refractivity contribution in [1.29, 1.82) is 0 Å². The summed E-state index contributed by atoms with van der Waals surface area (Å²) < 4.78 is 60.3. The van der Waals surface area contributed by atoms with E-state index >= 15 is 0 Å². The molecule has 0 spiro atoms. The maximum atomic E-state index is 14.7. The molecule has 1 N–H and O–H groups in total. The first-order valence-corrected chi connectivity index (χ1v) is 18.4. The summed E-state index contributed by atoms with van der Waals surface area (Å²) in [6, 6.07) is 24.6. The van der Waals surface area contributed by atoms with Crippen molar-refractivity contribution in [2.45, 2.75) is 62.6 Å². The summed E-state index contributed by atoms with van der Waals surface area (Å²) in [5, 5.41) is 3.15. The molecule has 1 aliphatic carbocycles. The molecule has 1 saturated carbocycles. The molecule has 0 aromatic heterocycles. The maximum absolute atomic E-state index is 14.7. The van der Waals surface area contributed by atoms with E-state index in [0.29, 0.717) is 23.7 Å². The third kappa shape index (κ3) is 9.37. The fourth-order valence-corrected chi connectivity index (χ4v) is 7.65. The minimum absolute atomic E-state index is 0.0238. The van der Waals surface area contributed by atoms with Crippen molar-refractivity contribution in [3.05, 3.63) is 114 Å². The molecule has 0 aliphatic heterocycles. The molecule has 1 unspecified atom stereocenters. The molecule has 51 heavy (non-hydrogen) atoms. The third-order valence-electron chi connectivity index (χ3n) is 8.90. The molecular formula is C39H44FN3O7S. The van der Waals surface area contributed by atoms with Gasteiger partial charge in [0.1, 0.15) is 24.2 Å². The van der Waals surface area contributed by atoms with Gasteiger partial charge in [0.25, 0.3) is 10.0 Å². The van der Waals surface area contributed by atoms with Crippen LogP contribution in [0.3, 0.4) is 0 Å². The first-order valence-electron chi connectivity index (χ1n) is 17.0. The van der Waals surface area contributed by atoms with Crippen LogP contribution in [0, 0.1) is 5.82 Å². The molecule has 0 saturated heterocycles. The number of amides is 2. The van der Waals surface area contributed by atoms with Gasteiger partial charge in [-0.15, -0.1) is 0 Å². The molecule has 0 heterocycles. The Kier molecular flexibility index (Phi) is 12.5. The van der Waals surface area contributed by atoms with Crippen molar-refractivity contribution in [3.8, 4) is 17.2 Å². The van der Waals surface area contributed by atoms with Crippen LogP contribution in [0.4, 0.5) is 10.1 Å². The number of nitrogens with one attached hydrogen (secondary N) is 1. The molecule has 12 heteroatoms. The van der Waals surface area contributed by atoms with E-state index in [4.69, 9.17) is 14.2 Å². The molecule has 5 rings (SSSR count). The monoisotopic (exact) mass is 717 g/mol. The number of ether oxygens (including phenoxy) is 3. The number of methoxy groups -OCH3 is 2. The largest absolute Gasteiger partial charge is 0.494 e. The van der Waals surface area contributed by atoms with Crippen molar-refractivity contribution in [1.82, 2.24) is 10.2 Å². The fourth-order valence-electron chi connectivity index (χ4n) is 6.22. The number of benzene rings is 4. The summed E-state index contributed by atoms with van der Waals surface area (Å²) >= 11 is 0. The Morgan fingerprint density at radius 2 is 1.53 bits per heavy atom. The molecular weight excluding hydrogens is 674 g/mol. The first kappa shape index (κ1) is 37.2. The minimum atomic E-state index is -4.41. The van der Waals surface area contributed by atoms with Crippen molar-refractivity contribution >= 4 is 27.5 Å². The SMILES string of the molecule is CCOc1ccc(N(CC(=O)N(Cc2ccc(F)cc2)C(Cc2ccccc2)C(=O)NC2CCCC2)S(=O)(=O)c2ccc(OC)c(OC)c2)cc1. The van der Waals surface area contributed by atoms with Crippen LogP contribution in [0.5, 0.6) is 17.2 Å². The number of nitrogens with zero attached hydrogens (tertiary/aromatic N) is 2. The van der Waals surface area contributed by atoms with Crippen LogP contribution in [-0.4, -0.2) is 64.6 Å². The zero-order chi connectivity index (χ0) is 36.4. The fraction of sp³-hybridized carbons (Fsp3) is 0.333. The van der Waals surface area contributed by atoms with Gasteiger partial charge < -0.3 is 24.4 Å². The summed E-state index contributed by atoms with van der Waals surface area (Å²) in [6.45, 7) is 1.54. The number of rotatable bonds is 16. The Balaban J connectivity index is 1.58. The van der Waals surface area contributed by atoms with E-state index in [0.717, 1.165) is 35.6 Å². The molecule has 270 valence electrons. The molecule has 4 aromatic carbocycles. The van der Waals surface area contributed by atoms with Gasteiger partial charge in [-0.1, -0.05) is 55.3 Å². The molecule has 2 amide bonds. The summed E-state index contributed by atoms with van der Waals surface area (Å²) in [5.41, 5.74) is 1.60. The van der Waals surface area contributed by atoms with E-state index in [-0.39, 0.29) is 41.2 Å². The van der Waals surface area contributed by atoms with Gasteiger partial charge in [0.2, 0.25) is 11.8 Å². The zero-order valence-electron chi connectivity index (χ0n) is 29.1. The highest BCUT2D eigenvalue weighted by Gasteiger charge is 2.36. The first-order chi connectivity index (χ1) is 24.6. The topological polar surface area (TPSA) is 114 Å². The van der Waals surface area contributed by atoms with Crippen LogP contribution in [-0.2, 0) is 32.6 Å². The predicted molar refractivity (Wildman–Crippen MR) is 193 cm³/mol. The van der Waals surface area contributed by atoms with E-state index in [2.05, 4.69) is 5.32 Å². The van der Waals surface area contributed by atoms with E-state index < -0.39 is 34.3 Å². The highest BCUT2D eigenvalue weighted by molar-refractivity contribution is 7.92. The van der Waals surface area contributed by atoms with Crippen LogP contribution in [0.1, 0.15) is 43.7 Å². The second kappa shape index (κ2) is 17.2. The van der Waals surface area contributed by atoms with Crippen LogP contribution in [0.15, 0.2) is 102 Å². The maximum Gasteiger partial charge on any atom is 0.264 e. The van der Waals surface area contributed by atoms with Gasteiger partial charge in [0.05, 0.1) is 31.4 Å². The summed E-state index contributed by atoms with van der Waals surface area (Å²) in [7, 11) is -1.56. The number of hydrogen-bond donors (Lipinski definition) is 1. The zero-order valence-corrected chi connectivity index (χ0v) is 29.9. The Bertz CT molecular complexity index is 1870. The van der Waals surface area contributed by atoms with E-state index in [1.165, 1.54) is 49.5 Å². The summed E-state index contributed by atoms with van der Waals surface area (Å²) in [6.07, 6.45) is 3.85. The van der Waals surface area contributed by atoms with E-state index in [1.807, 2.05) is 37.3 Å². The standard InChI is InChI=1S/C39H44FN3O7S/c1-4-50-33-20-18-32(19-21-33)43(51(46,47)34-22-23-36(48-2)37(25-34)49-3)27-38(44)42(26-29-14-16-30(40)17-15-29)35(24-28-10-6-5-7-11-28)39(45)41-31-12-8-9-13-31/h5-7,10-11,14-23,25,31,35H,4,8-9,12-13,24,26-27H2,1-3H3,(H,41,45). The van der Waals surface area contributed by atoms with Gasteiger partial charge in [-0.05, 0) is 79.4 Å². The van der Waals surface area contributed by atoms with Crippen molar-refractivity contribution in [2.75, 3.05) is 31.7 Å². The highest BCUT2D eigenvalue weighted by atomic mass is 32.2. The lowest BCUT2D eigenvalue weighted by molar-refractivity contribution is -0.140. The van der Waals surface area contributed by atoms with Crippen LogP contribution >= 0.6 is 0 Å². The van der Waals surface area contributed by atoms with Gasteiger partial charge in [-0.2, -0.15) is 0 Å². The van der Waals surface area contributed by atoms with Crippen molar-refractivity contribution in [3.63, 3.8) is 0 Å². The molecule has 1 fully saturated rings. The van der Waals surface area contributed by atoms with Gasteiger partial charge in [0, 0.05) is 25.1 Å². The smallest absolute Gasteiger partial charge is 0.264 e. The van der Waals surface area contributed by atoms with Gasteiger partial charge >= 0.3 is 0 Å². The van der Waals surface area contributed by atoms with E-state index in [1.54, 1.807) is 36.4 Å². The van der Waals surface area contributed by atoms with Crippen LogP contribution < -0.4 is 23.8 Å². The Hall–Kier alpha value is -5.10. The predicted octanol–water partition coefficient (Wildman–Crippen LogP) is 6.14. The molecule has 0 bridgehead atoms. The molecule has 1 aliphatic rings.